The molecule has 0 atom stereocenters. The Kier molecular flexibility index (Phi) is 13.7. The van der Waals surface area contributed by atoms with Gasteiger partial charge in [-0.2, -0.15) is 0 Å². The van der Waals surface area contributed by atoms with E-state index in [0.29, 0.717) is 0 Å². The molecule has 0 spiro atoms. The van der Waals surface area contributed by atoms with Gasteiger partial charge in [-0.15, -0.1) is 0 Å². The van der Waals surface area contributed by atoms with Crippen LogP contribution in [-0.2, 0) is 10.4 Å². The van der Waals surface area contributed by atoms with Crippen molar-refractivity contribution in [1.82, 2.24) is 0 Å². The van der Waals surface area contributed by atoms with E-state index in [2.05, 4.69) is 0 Å². The second kappa shape index (κ2) is 6.00. The Balaban J connectivity index is -0.0000000267. The molecule has 0 heterocycles. The number of rotatable bonds is 0. The first-order valence-corrected chi connectivity index (χ1v) is 2.00. The fourth-order valence-electron chi connectivity index (χ4n) is 0. The first kappa shape index (κ1) is 15.9. The quantitative estimate of drug-likeness (QED) is 0.194. The van der Waals surface area contributed by atoms with Crippen molar-refractivity contribution in [3.8, 4) is 0 Å². The van der Waals surface area contributed by atoms with Crippen LogP contribution in [0.25, 0.3) is 0 Å². The second-order valence-corrected chi connectivity index (χ2v) is 1.22. The molecule has 0 radical (unpaired) electrons. The monoisotopic (exact) mass is 144 g/mol. The van der Waals surface area contributed by atoms with E-state index in [4.69, 9.17) is 17.5 Å². The fourth-order valence-corrected chi connectivity index (χ4v) is 0. The van der Waals surface area contributed by atoms with Gasteiger partial charge in [0.25, 0.3) is 0 Å². The van der Waals surface area contributed by atoms with Gasteiger partial charge in [-0.25, -0.2) is 0 Å². The summed E-state index contributed by atoms with van der Waals surface area (Å²) in [6.07, 6.45) is 0. The van der Waals surface area contributed by atoms with E-state index < -0.39 is 10.4 Å². The molecule has 7 heavy (non-hydrogen) atoms. The van der Waals surface area contributed by atoms with Gasteiger partial charge < -0.3 is 9.11 Å². The summed E-state index contributed by atoms with van der Waals surface area (Å²) in [7, 11) is -5.17. The predicted molar refractivity (Wildman–Crippen MR) is 18.7 cm³/mol. The molecular weight excluding hydrogens is 142 g/mol. The first-order chi connectivity index (χ1) is 2.00. The number of hydrogen-bond acceptors (Lipinski definition) is 4. The van der Waals surface area contributed by atoms with Crippen LogP contribution in [0, 0.1) is 0 Å². The topological polar surface area (TPSA) is 80.3 Å². The normalized spacial score (nSPS) is 8.29. The van der Waals surface area contributed by atoms with Crippen LogP contribution in [0.4, 0.5) is 0 Å². The summed E-state index contributed by atoms with van der Waals surface area (Å²) in [5.74, 6) is 0. The van der Waals surface area contributed by atoms with Crippen molar-refractivity contribution >= 4 is 40.0 Å². The van der Waals surface area contributed by atoms with Crippen molar-refractivity contribution < 1.29 is 48.5 Å². The van der Waals surface area contributed by atoms with Crippen LogP contribution >= 0.6 is 0 Å². The Morgan fingerprint density at radius 1 is 1.29 bits per heavy atom. The zero-order valence-corrected chi connectivity index (χ0v) is 5.86. The van der Waals surface area contributed by atoms with Crippen molar-refractivity contribution in [2.24, 2.45) is 0 Å². The van der Waals surface area contributed by atoms with Crippen molar-refractivity contribution in [3.63, 3.8) is 0 Å². The molecule has 4 nitrogen and oxygen atoms in total. The summed E-state index contributed by atoms with van der Waals surface area (Å²) in [5.41, 5.74) is 0. The summed E-state index contributed by atoms with van der Waals surface area (Å²) >= 11 is 0. The molecule has 0 fully saturated rings. The summed E-state index contributed by atoms with van der Waals surface area (Å²) in [4.78, 5) is 0. The zero-order chi connectivity index (χ0) is 4.50. The van der Waals surface area contributed by atoms with E-state index >= 15 is 0 Å². The van der Waals surface area contributed by atoms with E-state index in [1.165, 1.54) is 0 Å². The van der Waals surface area contributed by atoms with Gasteiger partial charge in [0.1, 0.15) is 0 Å². The van der Waals surface area contributed by atoms with E-state index in [1.807, 2.05) is 0 Å². The molecule has 0 N–H and O–H groups in total. The van der Waals surface area contributed by atoms with Crippen LogP contribution in [0.1, 0.15) is 1.43 Å². The molecule has 0 saturated heterocycles. The molecule has 7 heteroatoms. The average molecular weight is 144 g/mol. The third kappa shape index (κ3) is 77.5. The molecule has 0 bridgehead atoms. The Hall–Kier alpha value is 1.87. The van der Waals surface area contributed by atoms with Gasteiger partial charge in [0.2, 0.25) is 0 Å². The van der Waals surface area contributed by atoms with Gasteiger partial charge in [-0.3, -0.25) is 8.42 Å². The molecule has 0 amide bonds. The maximum absolute atomic E-state index is 8.52. The summed E-state index contributed by atoms with van der Waals surface area (Å²) < 4.78 is 34.1. The molecule has 34 valence electrons. The minimum atomic E-state index is -5.17. The fraction of sp³-hybridized carbons (Fsp3) is 0. The molecule has 0 aromatic rings. The third-order valence-corrected chi connectivity index (χ3v) is 0. The van der Waals surface area contributed by atoms with Gasteiger partial charge in [-0.05, 0) is 0 Å². The van der Waals surface area contributed by atoms with E-state index in [1.54, 1.807) is 0 Å². The van der Waals surface area contributed by atoms with Crippen LogP contribution in [0.5, 0.6) is 0 Å². The Labute approximate surface area is 87.3 Å². The van der Waals surface area contributed by atoms with E-state index in [-0.39, 0.29) is 60.5 Å². The SMILES string of the molecule is O=S(=O)([O-])[O-].[H+].[Na+].[NaH]. The standard InChI is InChI=1S/2Na.H2O4S.H/c;;1-5(2,3)4;/h;;(H2,1,2,3,4);/q;+1;;/p-1. The van der Waals surface area contributed by atoms with Gasteiger partial charge in [-0.1, -0.05) is 0 Å². The Morgan fingerprint density at radius 2 is 1.29 bits per heavy atom. The molecule has 0 aliphatic rings. The van der Waals surface area contributed by atoms with Crippen molar-refractivity contribution in [1.29, 1.82) is 0 Å². The van der Waals surface area contributed by atoms with Gasteiger partial charge >= 0.3 is 60.5 Å². The Morgan fingerprint density at radius 3 is 1.29 bits per heavy atom. The minimum absolute atomic E-state index is 0. The van der Waals surface area contributed by atoms with Crippen LogP contribution in [-0.4, -0.2) is 47.1 Å². The van der Waals surface area contributed by atoms with Crippen LogP contribution in [0.15, 0.2) is 0 Å². The number of hydrogen-bond donors (Lipinski definition) is 0. The van der Waals surface area contributed by atoms with Gasteiger partial charge in [0.05, 0.1) is 0 Å². The summed E-state index contributed by atoms with van der Waals surface area (Å²) in [6.45, 7) is 0. The van der Waals surface area contributed by atoms with Crippen LogP contribution in [0.2, 0.25) is 0 Å². The molecule has 0 aromatic carbocycles. The summed E-state index contributed by atoms with van der Waals surface area (Å²) in [5, 5.41) is 0. The molecule has 0 aliphatic carbocycles. The van der Waals surface area contributed by atoms with Crippen LogP contribution in [0.3, 0.4) is 0 Å². The predicted octanol–water partition coefficient (Wildman–Crippen LogP) is -4.87. The van der Waals surface area contributed by atoms with Crippen LogP contribution < -0.4 is 29.6 Å². The molecule has 0 unspecified atom stereocenters. The van der Waals surface area contributed by atoms with Gasteiger partial charge in [0, 0.05) is 10.4 Å². The molecule has 0 rings (SSSR count). The maximum atomic E-state index is 8.52. The first-order valence-electron chi connectivity index (χ1n) is 0.667. The van der Waals surface area contributed by atoms with Crippen molar-refractivity contribution in [3.05, 3.63) is 0 Å². The summed E-state index contributed by atoms with van der Waals surface area (Å²) in [6, 6.07) is 0. The van der Waals surface area contributed by atoms with E-state index in [0.717, 1.165) is 0 Å². The van der Waals surface area contributed by atoms with E-state index in [9.17, 15) is 0 Å². The molecular formula is H2Na2O4S. The molecule has 0 saturated carbocycles. The Bertz CT molecular complexity index is 97.2. The second-order valence-electron chi connectivity index (χ2n) is 0.408. The zero-order valence-electron chi connectivity index (χ0n) is 4.04. The average Bonchev–Trinajstić information content (AvgIpc) is 0.722. The third-order valence-electron chi connectivity index (χ3n) is 0. The van der Waals surface area contributed by atoms with Crippen molar-refractivity contribution in [2.75, 3.05) is 0 Å². The van der Waals surface area contributed by atoms with Gasteiger partial charge in [0.15, 0.2) is 0 Å². The van der Waals surface area contributed by atoms with Crippen molar-refractivity contribution in [2.45, 2.75) is 0 Å². The molecule has 0 aliphatic heterocycles. The molecule has 0 aromatic heterocycles.